The van der Waals surface area contributed by atoms with Gasteiger partial charge in [0.15, 0.2) is 0 Å². The average Bonchev–Trinajstić information content (AvgIpc) is 2.40. The van der Waals surface area contributed by atoms with Crippen LogP contribution in [0.1, 0.15) is 16.7 Å². The monoisotopic (exact) mass is 309 g/mol. The fraction of sp³-hybridized carbons (Fsp3) is 0.250. The van der Waals surface area contributed by atoms with Crippen molar-refractivity contribution in [3.63, 3.8) is 0 Å². The summed E-state index contributed by atoms with van der Waals surface area (Å²) in [6, 6.07) is 11.6. The van der Waals surface area contributed by atoms with Gasteiger partial charge in [0.1, 0.15) is 12.4 Å². The first-order chi connectivity index (χ1) is 9.60. The molecule has 0 heterocycles. The fourth-order valence-corrected chi connectivity index (χ4v) is 2.43. The lowest BCUT2D eigenvalue weighted by Gasteiger charge is -2.13. The Hall–Kier alpha value is -1.22. The van der Waals surface area contributed by atoms with E-state index in [0.29, 0.717) is 16.7 Å². The minimum atomic E-state index is 0.426. The lowest BCUT2D eigenvalue weighted by molar-refractivity contribution is 0.302. The van der Waals surface area contributed by atoms with Crippen LogP contribution in [-0.4, -0.2) is 7.05 Å². The molecule has 2 rings (SSSR count). The Morgan fingerprint density at radius 2 is 1.85 bits per heavy atom. The van der Waals surface area contributed by atoms with Gasteiger partial charge in [-0.15, -0.1) is 0 Å². The summed E-state index contributed by atoms with van der Waals surface area (Å²) < 4.78 is 5.88. The number of hydrogen-bond acceptors (Lipinski definition) is 2. The first kappa shape index (κ1) is 15.2. The van der Waals surface area contributed by atoms with Gasteiger partial charge in [0.05, 0.1) is 0 Å². The van der Waals surface area contributed by atoms with Crippen molar-refractivity contribution in [3.05, 3.63) is 63.1 Å². The standard InChI is InChI=1S/C16H17Cl2NO/c1-11-3-6-16(13(7-11)9-19-2)20-10-12-4-5-14(17)8-15(12)18/h3-8,19H,9-10H2,1-2H3. The maximum Gasteiger partial charge on any atom is 0.124 e. The zero-order chi connectivity index (χ0) is 14.5. The Labute approximate surface area is 129 Å². The van der Waals surface area contributed by atoms with E-state index in [1.54, 1.807) is 6.07 Å². The molecule has 2 aromatic carbocycles. The largest absolute Gasteiger partial charge is 0.489 e. The van der Waals surface area contributed by atoms with Gasteiger partial charge in [-0.2, -0.15) is 0 Å². The predicted molar refractivity (Wildman–Crippen MR) is 84.7 cm³/mol. The van der Waals surface area contributed by atoms with Crippen molar-refractivity contribution in [2.75, 3.05) is 7.05 Å². The quantitative estimate of drug-likeness (QED) is 0.871. The van der Waals surface area contributed by atoms with E-state index >= 15 is 0 Å². The van der Waals surface area contributed by atoms with Gasteiger partial charge in [0.25, 0.3) is 0 Å². The highest BCUT2D eigenvalue weighted by Gasteiger charge is 2.06. The first-order valence-electron chi connectivity index (χ1n) is 6.41. The summed E-state index contributed by atoms with van der Waals surface area (Å²) in [5.41, 5.74) is 3.27. The molecule has 106 valence electrons. The number of hydrogen-bond donors (Lipinski definition) is 1. The molecule has 0 aliphatic carbocycles. The van der Waals surface area contributed by atoms with Crippen LogP contribution in [0, 0.1) is 6.92 Å². The van der Waals surface area contributed by atoms with E-state index < -0.39 is 0 Å². The second-order valence-electron chi connectivity index (χ2n) is 4.67. The van der Waals surface area contributed by atoms with E-state index in [1.165, 1.54) is 5.56 Å². The molecule has 0 spiro atoms. The summed E-state index contributed by atoms with van der Waals surface area (Å²) in [4.78, 5) is 0. The zero-order valence-corrected chi connectivity index (χ0v) is 13.1. The van der Waals surface area contributed by atoms with E-state index in [0.717, 1.165) is 23.4 Å². The summed E-state index contributed by atoms with van der Waals surface area (Å²) >= 11 is 12.0. The molecule has 1 N–H and O–H groups in total. The maximum atomic E-state index is 6.15. The van der Waals surface area contributed by atoms with Crippen LogP contribution in [0.15, 0.2) is 36.4 Å². The number of aryl methyl sites for hydroxylation is 1. The van der Waals surface area contributed by atoms with Crippen LogP contribution in [0.25, 0.3) is 0 Å². The highest BCUT2D eigenvalue weighted by Crippen LogP contribution is 2.25. The van der Waals surface area contributed by atoms with Crippen molar-refractivity contribution in [1.82, 2.24) is 5.32 Å². The highest BCUT2D eigenvalue weighted by atomic mass is 35.5. The summed E-state index contributed by atoms with van der Waals surface area (Å²) in [5, 5.41) is 4.40. The van der Waals surface area contributed by atoms with Gasteiger partial charge >= 0.3 is 0 Å². The Morgan fingerprint density at radius 3 is 2.55 bits per heavy atom. The first-order valence-corrected chi connectivity index (χ1v) is 7.16. The SMILES string of the molecule is CNCc1cc(C)ccc1OCc1ccc(Cl)cc1Cl. The van der Waals surface area contributed by atoms with Gasteiger partial charge in [0.2, 0.25) is 0 Å². The van der Waals surface area contributed by atoms with Gasteiger partial charge < -0.3 is 10.1 Å². The third-order valence-electron chi connectivity index (χ3n) is 2.98. The van der Waals surface area contributed by atoms with Gasteiger partial charge in [-0.3, -0.25) is 0 Å². The van der Waals surface area contributed by atoms with Gasteiger partial charge in [0, 0.05) is 27.7 Å². The molecule has 0 aliphatic rings. The molecule has 0 aromatic heterocycles. The number of ether oxygens (including phenoxy) is 1. The second-order valence-corrected chi connectivity index (χ2v) is 5.51. The third kappa shape index (κ3) is 3.89. The molecular weight excluding hydrogens is 293 g/mol. The van der Waals surface area contributed by atoms with Crippen LogP contribution >= 0.6 is 23.2 Å². The minimum Gasteiger partial charge on any atom is -0.489 e. The lowest BCUT2D eigenvalue weighted by atomic mass is 10.1. The number of halogens is 2. The van der Waals surface area contributed by atoms with Gasteiger partial charge in [-0.1, -0.05) is 47.0 Å². The van der Waals surface area contributed by atoms with Crippen LogP contribution < -0.4 is 10.1 Å². The molecule has 2 nitrogen and oxygen atoms in total. The normalized spacial score (nSPS) is 10.6. The number of benzene rings is 2. The van der Waals surface area contributed by atoms with Crippen molar-refractivity contribution in [2.24, 2.45) is 0 Å². The fourth-order valence-electron chi connectivity index (χ4n) is 1.97. The van der Waals surface area contributed by atoms with E-state index in [2.05, 4.69) is 18.3 Å². The molecule has 2 aromatic rings. The molecule has 0 radical (unpaired) electrons. The Balaban J connectivity index is 2.14. The van der Waals surface area contributed by atoms with Crippen LogP contribution in [0.3, 0.4) is 0 Å². The lowest BCUT2D eigenvalue weighted by Crippen LogP contribution is -2.08. The molecule has 0 saturated carbocycles. The summed E-state index contributed by atoms with van der Waals surface area (Å²) in [7, 11) is 1.92. The third-order valence-corrected chi connectivity index (χ3v) is 3.57. The van der Waals surface area contributed by atoms with Crippen LogP contribution in [0.4, 0.5) is 0 Å². The van der Waals surface area contributed by atoms with Crippen LogP contribution in [0.5, 0.6) is 5.75 Å². The van der Waals surface area contributed by atoms with Crippen LogP contribution in [0.2, 0.25) is 10.0 Å². The maximum absolute atomic E-state index is 6.15. The van der Waals surface area contributed by atoms with Crippen molar-refractivity contribution < 1.29 is 4.74 Å². The van der Waals surface area contributed by atoms with E-state index in [9.17, 15) is 0 Å². The van der Waals surface area contributed by atoms with E-state index in [-0.39, 0.29) is 0 Å². The summed E-state index contributed by atoms with van der Waals surface area (Å²) in [6.45, 7) is 3.26. The van der Waals surface area contributed by atoms with Crippen molar-refractivity contribution in [1.29, 1.82) is 0 Å². The molecule has 0 bridgehead atoms. The predicted octanol–water partition coefficient (Wildman–Crippen LogP) is 4.60. The minimum absolute atomic E-state index is 0.426. The Morgan fingerprint density at radius 1 is 1.05 bits per heavy atom. The molecule has 0 unspecified atom stereocenters. The molecule has 0 saturated heterocycles. The number of rotatable bonds is 5. The smallest absolute Gasteiger partial charge is 0.124 e. The average molecular weight is 310 g/mol. The van der Waals surface area contributed by atoms with Gasteiger partial charge in [-0.25, -0.2) is 0 Å². The van der Waals surface area contributed by atoms with Crippen molar-refractivity contribution >= 4 is 23.2 Å². The van der Waals surface area contributed by atoms with Gasteiger partial charge in [-0.05, 0) is 32.2 Å². The highest BCUT2D eigenvalue weighted by molar-refractivity contribution is 6.35. The summed E-state index contributed by atoms with van der Waals surface area (Å²) in [6.07, 6.45) is 0. The molecule has 0 fully saturated rings. The molecular formula is C16H17Cl2NO. The topological polar surface area (TPSA) is 21.3 Å². The Bertz CT molecular complexity index is 599. The van der Waals surface area contributed by atoms with Crippen molar-refractivity contribution in [2.45, 2.75) is 20.1 Å². The molecule has 0 atom stereocenters. The molecule has 0 amide bonds. The van der Waals surface area contributed by atoms with E-state index in [4.69, 9.17) is 27.9 Å². The zero-order valence-electron chi connectivity index (χ0n) is 11.5. The molecule has 4 heteroatoms. The summed E-state index contributed by atoms with van der Waals surface area (Å²) in [5.74, 6) is 0.871. The van der Waals surface area contributed by atoms with Crippen molar-refractivity contribution in [3.8, 4) is 5.75 Å². The second kappa shape index (κ2) is 6.98. The van der Waals surface area contributed by atoms with Crippen LogP contribution in [-0.2, 0) is 13.2 Å². The number of nitrogens with one attached hydrogen (secondary N) is 1. The molecule has 20 heavy (non-hydrogen) atoms. The Kier molecular flexibility index (Phi) is 5.30. The van der Waals surface area contributed by atoms with E-state index in [1.807, 2.05) is 31.3 Å². The molecule has 0 aliphatic heterocycles.